The van der Waals surface area contributed by atoms with Gasteiger partial charge in [0, 0.05) is 31.9 Å². The highest BCUT2D eigenvalue weighted by Crippen LogP contribution is 2.22. The van der Waals surface area contributed by atoms with E-state index in [1.165, 1.54) is 0 Å². The number of aryl methyl sites for hydroxylation is 1. The molecule has 0 unspecified atom stereocenters. The fourth-order valence-electron chi connectivity index (χ4n) is 3.05. The second-order valence-electron chi connectivity index (χ2n) is 6.70. The molecule has 2 aromatic rings. The summed E-state index contributed by atoms with van der Waals surface area (Å²) >= 11 is 0. The van der Waals surface area contributed by atoms with E-state index in [0.29, 0.717) is 43.4 Å². The van der Waals surface area contributed by atoms with Crippen molar-refractivity contribution >= 4 is 15.8 Å². The summed E-state index contributed by atoms with van der Waals surface area (Å²) in [5, 5.41) is 0. The predicted molar refractivity (Wildman–Crippen MR) is 107 cm³/mol. The molecule has 0 radical (unpaired) electrons. The first-order valence-electron chi connectivity index (χ1n) is 9.42. The summed E-state index contributed by atoms with van der Waals surface area (Å²) < 4.78 is 33.0. The van der Waals surface area contributed by atoms with Gasteiger partial charge in [-0.3, -0.25) is 0 Å². The zero-order valence-corrected chi connectivity index (χ0v) is 16.8. The molecule has 0 spiro atoms. The number of unbranched alkanes of at least 4 members (excludes halogenated alkanes) is 1. The lowest BCUT2D eigenvalue weighted by atomic mass is 10.3. The first kappa shape index (κ1) is 19.6. The molecule has 0 saturated carbocycles. The quantitative estimate of drug-likeness (QED) is 0.681. The molecule has 0 bridgehead atoms. The van der Waals surface area contributed by atoms with E-state index in [2.05, 4.69) is 16.8 Å². The average molecular weight is 390 g/mol. The molecular formula is C20H27N3O3S. The van der Waals surface area contributed by atoms with Crippen LogP contribution in [0.2, 0.25) is 0 Å². The minimum Gasteiger partial charge on any atom is -0.494 e. The lowest BCUT2D eigenvalue weighted by molar-refractivity contribution is 0.309. The summed E-state index contributed by atoms with van der Waals surface area (Å²) in [6.45, 7) is 6.88. The fraction of sp³-hybridized carbons (Fsp3) is 0.450. The van der Waals surface area contributed by atoms with E-state index in [-0.39, 0.29) is 0 Å². The summed E-state index contributed by atoms with van der Waals surface area (Å²) in [4.78, 5) is 6.97. The maximum Gasteiger partial charge on any atom is 0.243 e. The van der Waals surface area contributed by atoms with Gasteiger partial charge in [-0.2, -0.15) is 4.31 Å². The van der Waals surface area contributed by atoms with Crippen LogP contribution >= 0.6 is 0 Å². The largest absolute Gasteiger partial charge is 0.494 e. The summed E-state index contributed by atoms with van der Waals surface area (Å²) in [5.41, 5.74) is 0.962. The van der Waals surface area contributed by atoms with Crippen LogP contribution in [0.3, 0.4) is 0 Å². The molecule has 0 amide bonds. The summed E-state index contributed by atoms with van der Waals surface area (Å²) in [7, 11) is -3.49. The molecule has 1 fully saturated rings. The lowest BCUT2D eigenvalue weighted by Crippen LogP contribution is -2.48. The van der Waals surface area contributed by atoms with Crippen molar-refractivity contribution in [2.45, 2.75) is 31.6 Å². The predicted octanol–water partition coefficient (Wildman–Crippen LogP) is 3.08. The standard InChI is InChI=1S/C20H27N3O3S/c1-3-4-16-26-18-8-10-19(11-9-18)27(24,25)23-14-12-22(13-15-23)20-7-5-6-17(2)21-20/h5-11H,3-4,12-16H2,1-2H3. The van der Waals surface area contributed by atoms with E-state index >= 15 is 0 Å². The van der Waals surface area contributed by atoms with Gasteiger partial charge in [0.2, 0.25) is 10.0 Å². The maximum absolute atomic E-state index is 12.9. The molecule has 1 aromatic heterocycles. The highest BCUT2D eigenvalue weighted by atomic mass is 32.2. The van der Waals surface area contributed by atoms with Crippen molar-refractivity contribution in [2.24, 2.45) is 0 Å². The van der Waals surface area contributed by atoms with Gasteiger partial charge in [0.15, 0.2) is 0 Å². The van der Waals surface area contributed by atoms with Crippen molar-refractivity contribution in [1.29, 1.82) is 0 Å². The van der Waals surface area contributed by atoms with Gasteiger partial charge in [-0.1, -0.05) is 19.4 Å². The van der Waals surface area contributed by atoms with Crippen molar-refractivity contribution in [2.75, 3.05) is 37.7 Å². The van der Waals surface area contributed by atoms with E-state index in [0.717, 1.165) is 24.4 Å². The van der Waals surface area contributed by atoms with Gasteiger partial charge in [0.1, 0.15) is 11.6 Å². The molecule has 7 heteroatoms. The smallest absolute Gasteiger partial charge is 0.243 e. The highest BCUT2D eigenvalue weighted by molar-refractivity contribution is 7.89. The van der Waals surface area contributed by atoms with Crippen molar-refractivity contribution in [3.05, 3.63) is 48.2 Å². The molecule has 0 aliphatic carbocycles. The third-order valence-electron chi connectivity index (χ3n) is 4.66. The molecular weight excluding hydrogens is 362 g/mol. The minimum atomic E-state index is -3.49. The minimum absolute atomic E-state index is 0.312. The number of aromatic nitrogens is 1. The summed E-state index contributed by atoms with van der Waals surface area (Å²) in [6.07, 6.45) is 2.05. The number of hydrogen-bond acceptors (Lipinski definition) is 5. The van der Waals surface area contributed by atoms with Crippen LogP contribution < -0.4 is 9.64 Å². The first-order valence-corrected chi connectivity index (χ1v) is 10.9. The summed E-state index contributed by atoms with van der Waals surface area (Å²) in [6, 6.07) is 12.6. The molecule has 1 aliphatic rings. The molecule has 3 rings (SSSR count). The molecule has 0 atom stereocenters. The summed E-state index contributed by atoms with van der Waals surface area (Å²) in [5.74, 6) is 1.61. The fourth-order valence-corrected chi connectivity index (χ4v) is 4.48. The molecule has 2 heterocycles. The zero-order valence-electron chi connectivity index (χ0n) is 16.0. The molecule has 0 N–H and O–H groups in total. The maximum atomic E-state index is 12.9. The molecule has 6 nitrogen and oxygen atoms in total. The molecule has 1 saturated heterocycles. The van der Waals surface area contributed by atoms with Crippen LogP contribution in [-0.2, 0) is 10.0 Å². The van der Waals surface area contributed by atoms with E-state index < -0.39 is 10.0 Å². The van der Waals surface area contributed by atoms with Gasteiger partial charge in [0.25, 0.3) is 0 Å². The van der Waals surface area contributed by atoms with Gasteiger partial charge in [-0.25, -0.2) is 13.4 Å². The topological polar surface area (TPSA) is 62.7 Å². The van der Waals surface area contributed by atoms with E-state index in [1.807, 2.05) is 25.1 Å². The molecule has 27 heavy (non-hydrogen) atoms. The number of nitrogens with zero attached hydrogens (tertiary/aromatic N) is 3. The zero-order chi connectivity index (χ0) is 19.3. The molecule has 146 valence electrons. The Morgan fingerprint density at radius 3 is 2.37 bits per heavy atom. The number of ether oxygens (including phenoxy) is 1. The van der Waals surface area contributed by atoms with Crippen LogP contribution in [-0.4, -0.2) is 50.5 Å². The van der Waals surface area contributed by atoms with Crippen LogP contribution in [0.5, 0.6) is 5.75 Å². The second-order valence-corrected chi connectivity index (χ2v) is 8.64. The van der Waals surface area contributed by atoms with Crippen LogP contribution in [0.25, 0.3) is 0 Å². The van der Waals surface area contributed by atoms with Gasteiger partial charge in [-0.15, -0.1) is 0 Å². The van der Waals surface area contributed by atoms with Gasteiger partial charge in [-0.05, 0) is 49.7 Å². The van der Waals surface area contributed by atoms with E-state index in [4.69, 9.17) is 4.74 Å². The third kappa shape index (κ3) is 4.78. The molecule has 1 aliphatic heterocycles. The molecule has 1 aromatic carbocycles. The van der Waals surface area contributed by atoms with Crippen LogP contribution in [0, 0.1) is 6.92 Å². The number of benzene rings is 1. The normalized spacial score (nSPS) is 15.7. The first-order chi connectivity index (χ1) is 13.0. The van der Waals surface area contributed by atoms with Crippen LogP contribution in [0.15, 0.2) is 47.4 Å². The Labute approximate surface area is 161 Å². The number of pyridine rings is 1. The number of anilines is 1. The number of piperazine rings is 1. The van der Waals surface area contributed by atoms with Crippen LogP contribution in [0.1, 0.15) is 25.5 Å². The highest BCUT2D eigenvalue weighted by Gasteiger charge is 2.28. The Morgan fingerprint density at radius 2 is 1.74 bits per heavy atom. The monoisotopic (exact) mass is 389 g/mol. The van der Waals surface area contributed by atoms with E-state index in [9.17, 15) is 8.42 Å². The Kier molecular flexibility index (Phi) is 6.34. The SMILES string of the molecule is CCCCOc1ccc(S(=O)(=O)N2CCN(c3cccc(C)n3)CC2)cc1. The lowest BCUT2D eigenvalue weighted by Gasteiger charge is -2.34. The average Bonchev–Trinajstić information content (AvgIpc) is 2.69. The van der Waals surface area contributed by atoms with Gasteiger partial charge < -0.3 is 9.64 Å². The van der Waals surface area contributed by atoms with Crippen LogP contribution in [0.4, 0.5) is 5.82 Å². The van der Waals surface area contributed by atoms with Crippen molar-refractivity contribution in [3.63, 3.8) is 0 Å². The van der Waals surface area contributed by atoms with Gasteiger partial charge in [0.05, 0.1) is 11.5 Å². The van der Waals surface area contributed by atoms with Gasteiger partial charge >= 0.3 is 0 Å². The van der Waals surface area contributed by atoms with Crippen molar-refractivity contribution in [1.82, 2.24) is 9.29 Å². The Morgan fingerprint density at radius 1 is 1.04 bits per heavy atom. The van der Waals surface area contributed by atoms with Crippen molar-refractivity contribution < 1.29 is 13.2 Å². The second kappa shape index (κ2) is 8.71. The number of rotatable bonds is 7. The Balaban J connectivity index is 1.62. The van der Waals surface area contributed by atoms with Crippen molar-refractivity contribution in [3.8, 4) is 5.75 Å². The van der Waals surface area contributed by atoms with E-state index in [1.54, 1.807) is 28.6 Å². The number of sulfonamides is 1. The third-order valence-corrected chi connectivity index (χ3v) is 6.58. The Hall–Kier alpha value is -2.12. The number of hydrogen-bond donors (Lipinski definition) is 0. The Bertz CT molecular complexity index is 845.